The zero-order valence-corrected chi connectivity index (χ0v) is 11.5. The molecule has 0 N–H and O–H groups in total. The average molecular weight is 276 g/mol. The van der Waals surface area contributed by atoms with Gasteiger partial charge < -0.3 is 9.69 Å². The van der Waals surface area contributed by atoms with Gasteiger partial charge in [-0.25, -0.2) is 0 Å². The molecule has 106 valence electrons. The van der Waals surface area contributed by atoms with Crippen LogP contribution in [0.1, 0.15) is 34.3 Å². The second-order valence-electron chi connectivity index (χ2n) is 5.05. The van der Waals surface area contributed by atoms with Crippen molar-refractivity contribution in [1.82, 2.24) is 4.90 Å². The molecule has 6 nitrogen and oxygen atoms in total. The minimum Gasteiger partial charge on any atom is -0.329 e. The molecule has 2 rings (SSSR count). The second-order valence-corrected chi connectivity index (χ2v) is 5.05. The van der Waals surface area contributed by atoms with Gasteiger partial charge in [-0.15, -0.1) is 0 Å². The summed E-state index contributed by atoms with van der Waals surface area (Å²) in [5, 5.41) is 11.1. The summed E-state index contributed by atoms with van der Waals surface area (Å²) in [5.74, 6) is -0.436. The van der Waals surface area contributed by atoms with Crippen molar-refractivity contribution in [3.8, 4) is 0 Å². The van der Waals surface area contributed by atoms with Gasteiger partial charge in [0.05, 0.1) is 11.0 Å². The van der Waals surface area contributed by atoms with Crippen LogP contribution in [0, 0.1) is 24.0 Å². The Bertz CT molecular complexity index is 583. The lowest BCUT2D eigenvalue weighted by atomic mass is 10.0. The Morgan fingerprint density at radius 2 is 2.05 bits per heavy atom. The number of hydrogen-bond acceptors (Lipinski definition) is 4. The number of carbonyl (C=O) groups is 2. The maximum atomic E-state index is 12.5. The SMILES string of the molecule is Cc1cc(C(=O)N2CCC[C@H]2C=O)c([N+](=O)[O-])cc1C. The van der Waals surface area contributed by atoms with E-state index >= 15 is 0 Å². The summed E-state index contributed by atoms with van der Waals surface area (Å²) in [6.07, 6.45) is 2.10. The predicted octanol–water partition coefficient (Wildman–Crippen LogP) is 2.02. The van der Waals surface area contributed by atoms with Crippen molar-refractivity contribution < 1.29 is 14.5 Å². The maximum absolute atomic E-state index is 12.5. The van der Waals surface area contributed by atoms with Crippen LogP contribution >= 0.6 is 0 Å². The van der Waals surface area contributed by atoms with Crippen molar-refractivity contribution >= 4 is 17.9 Å². The van der Waals surface area contributed by atoms with Crippen molar-refractivity contribution in [3.63, 3.8) is 0 Å². The first-order chi connectivity index (χ1) is 9.45. The third kappa shape index (κ3) is 2.41. The van der Waals surface area contributed by atoms with Crippen LogP contribution in [0.5, 0.6) is 0 Å². The molecule has 0 unspecified atom stereocenters. The van der Waals surface area contributed by atoms with E-state index in [0.717, 1.165) is 23.8 Å². The zero-order chi connectivity index (χ0) is 14.9. The first kappa shape index (κ1) is 14.2. The van der Waals surface area contributed by atoms with Crippen LogP contribution in [0.15, 0.2) is 12.1 Å². The number of amides is 1. The molecule has 0 saturated carbocycles. The van der Waals surface area contributed by atoms with Gasteiger partial charge in [0.15, 0.2) is 0 Å². The number of benzene rings is 1. The van der Waals surface area contributed by atoms with Gasteiger partial charge in [0.25, 0.3) is 11.6 Å². The third-order valence-electron chi connectivity index (χ3n) is 3.76. The minimum atomic E-state index is -0.550. The molecule has 1 aromatic rings. The fourth-order valence-electron chi connectivity index (χ4n) is 2.46. The molecule has 0 spiro atoms. The van der Waals surface area contributed by atoms with Crippen LogP contribution in [-0.4, -0.2) is 34.6 Å². The van der Waals surface area contributed by atoms with Gasteiger partial charge in [0.1, 0.15) is 11.8 Å². The Labute approximate surface area is 116 Å². The Kier molecular flexibility index (Phi) is 3.83. The van der Waals surface area contributed by atoms with E-state index in [9.17, 15) is 19.7 Å². The van der Waals surface area contributed by atoms with Crippen molar-refractivity contribution in [3.05, 3.63) is 38.9 Å². The number of rotatable bonds is 3. The minimum absolute atomic E-state index is 0.0619. The van der Waals surface area contributed by atoms with Gasteiger partial charge in [-0.05, 0) is 43.9 Å². The summed E-state index contributed by atoms with van der Waals surface area (Å²) in [4.78, 5) is 35.4. The highest BCUT2D eigenvalue weighted by Gasteiger charge is 2.32. The number of nitrogens with zero attached hydrogens (tertiary/aromatic N) is 2. The second kappa shape index (κ2) is 5.40. The highest BCUT2D eigenvalue weighted by molar-refractivity contribution is 5.99. The summed E-state index contributed by atoms with van der Waals surface area (Å²) in [6.45, 7) is 4.03. The smallest absolute Gasteiger partial charge is 0.282 e. The maximum Gasteiger partial charge on any atom is 0.282 e. The molecule has 6 heteroatoms. The Morgan fingerprint density at radius 3 is 2.65 bits per heavy atom. The van der Waals surface area contributed by atoms with E-state index in [1.54, 1.807) is 13.8 Å². The molecular formula is C14H16N2O4. The largest absolute Gasteiger partial charge is 0.329 e. The van der Waals surface area contributed by atoms with E-state index in [4.69, 9.17) is 0 Å². The third-order valence-corrected chi connectivity index (χ3v) is 3.76. The number of aldehydes is 1. The van der Waals surface area contributed by atoms with E-state index in [1.165, 1.54) is 17.0 Å². The van der Waals surface area contributed by atoms with E-state index in [-0.39, 0.29) is 11.3 Å². The molecule has 1 aliphatic rings. The first-order valence-electron chi connectivity index (χ1n) is 6.47. The van der Waals surface area contributed by atoms with Gasteiger partial charge in [0, 0.05) is 12.6 Å². The zero-order valence-electron chi connectivity index (χ0n) is 11.5. The van der Waals surface area contributed by atoms with Gasteiger partial charge in [-0.2, -0.15) is 0 Å². The van der Waals surface area contributed by atoms with Crippen LogP contribution < -0.4 is 0 Å². The Morgan fingerprint density at radius 1 is 1.40 bits per heavy atom. The molecular weight excluding hydrogens is 260 g/mol. The lowest BCUT2D eigenvalue weighted by molar-refractivity contribution is -0.385. The van der Waals surface area contributed by atoms with Gasteiger partial charge >= 0.3 is 0 Å². The summed E-state index contributed by atoms with van der Waals surface area (Å²) in [6, 6.07) is 2.48. The molecule has 1 heterocycles. The Balaban J connectivity index is 2.46. The molecule has 1 saturated heterocycles. The van der Waals surface area contributed by atoms with Crippen molar-refractivity contribution in [2.24, 2.45) is 0 Å². The normalized spacial score (nSPS) is 18.1. The van der Waals surface area contributed by atoms with E-state index in [1.807, 2.05) is 0 Å². The van der Waals surface area contributed by atoms with E-state index < -0.39 is 16.9 Å². The Hall–Kier alpha value is -2.24. The molecule has 0 radical (unpaired) electrons. The fourth-order valence-corrected chi connectivity index (χ4v) is 2.46. The summed E-state index contributed by atoms with van der Waals surface area (Å²) >= 11 is 0. The average Bonchev–Trinajstić information content (AvgIpc) is 2.88. The highest BCUT2D eigenvalue weighted by atomic mass is 16.6. The molecule has 1 atom stereocenters. The van der Waals surface area contributed by atoms with Crippen molar-refractivity contribution in [1.29, 1.82) is 0 Å². The summed E-state index contributed by atoms with van der Waals surface area (Å²) in [5.41, 5.74) is 1.45. The fraction of sp³-hybridized carbons (Fsp3) is 0.429. The van der Waals surface area contributed by atoms with Gasteiger partial charge in [-0.1, -0.05) is 0 Å². The first-order valence-corrected chi connectivity index (χ1v) is 6.47. The number of carbonyl (C=O) groups excluding carboxylic acids is 2. The molecule has 0 bridgehead atoms. The predicted molar refractivity (Wildman–Crippen MR) is 72.7 cm³/mol. The summed E-state index contributed by atoms with van der Waals surface area (Å²) in [7, 11) is 0. The van der Waals surface area contributed by atoms with Gasteiger partial charge in [-0.3, -0.25) is 14.9 Å². The lowest BCUT2D eigenvalue weighted by Crippen LogP contribution is -2.36. The monoisotopic (exact) mass is 276 g/mol. The standard InChI is InChI=1S/C14H16N2O4/c1-9-6-12(13(16(19)20)7-10(9)2)14(18)15-5-3-4-11(15)8-17/h6-8,11H,3-5H2,1-2H3/t11-/m0/s1. The van der Waals surface area contributed by atoms with Crippen LogP contribution in [-0.2, 0) is 4.79 Å². The summed E-state index contributed by atoms with van der Waals surface area (Å²) < 4.78 is 0. The molecule has 1 amide bonds. The quantitative estimate of drug-likeness (QED) is 0.480. The molecule has 1 fully saturated rings. The number of aryl methyl sites for hydroxylation is 2. The molecule has 1 aromatic carbocycles. The van der Waals surface area contributed by atoms with Crippen molar-refractivity contribution in [2.45, 2.75) is 32.7 Å². The number of nitro benzene ring substituents is 1. The highest BCUT2D eigenvalue weighted by Crippen LogP contribution is 2.27. The number of nitro groups is 1. The lowest BCUT2D eigenvalue weighted by Gasteiger charge is -2.20. The van der Waals surface area contributed by atoms with E-state index in [2.05, 4.69) is 0 Å². The van der Waals surface area contributed by atoms with Crippen molar-refractivity contribution in [2.75, 3.05) is 6.54 Å². The molecule has 0 aromatic heterocycles. The van der Waals surface area contributed by atoms with Crippen LogP contribution in [0.3, 0.4) is 0 Å². The van der Waals surface area contributed by atoms with Crippen LogP contribution in [0.2, 0.25) is 0 Å². The topological polar surface area (TPSA) is 80.5 Å². The van der Waals surface area contributed by atoms with Crippen LogP contribution in [0.4, 0.5) is 5.69 Å². The molecule has 20 heavy (non-hydrogen) atoms. The molecule has 1 aliphatic heterocycles. The number of hydrogen-bond donors (Lipinski definition) is 0. The van der Waals surface area contributed by atoms with E-state index in [0.29, 0.717) is 13.0 Å². The van der Waals surface area contributed by atoms with Gasteiger partial charge in [0.2, 0.25) is 0 Å². The number of likely N-dealkylation sites (tertiary alicyclic amines) is 1. The van der Waals surface area contributed by atoms with Crippen LogP contribution in [0.25, 0.3) is 0 Å². The molecule has 0 aliphatic carbocycles.